The molecule has 1 rings (SSSR count). The second kappa shape index (κ2) is 8.05. The SMILES string of the molecule is COCCNC(=O)CCNc1ccc([N+](=O)[O-])cc1F. The molecule has 7 nitrogen and oxygen atoms in total. The maximum atomic E-state index is 13.5. The summed E-state index contributed by atoms with van der Waals surface area (Å²) in [5, 5.41) is 15.8. The molecule has 0 bridgehead atoms. The first-order chi connectivity index (χ1) is 9.54. The molecular weight excluding hydrogens is 269 g/mol. The van der Waals surface area contributed by atoms with Gasteiger partial charge in [0.25, 0.3) is 5.69 Å². The normalized spacial score (nSPS) is 10.1. The molecule has 0 aliphatic rings. The van der Waals surface area contributed by atoms with Crippen LogP contribution in [0.5, 0.6) is 0 Å². The minimum atomic E-state index is -0.723. The van der Waals surface area contributed by atoms with Crippen molar-refractivity contribution in [1.29, 1.82) is 0 Å². The molecule has 20 heavy (non-hydrogen) atoms. The second-order valence-electron chi connectivity index (χ2n) is 3.94. The zero-order chi connectivity index (χ0) is 15.0. The van der Waals surface area contributed by atoms with Crippen molar-refractivity contribution in [3.8, 4) is 0 Å². The number of methoxy groups -OCH3 is 1. The van der Waals surface area contributed by atoms with E-state index in [9.17, 15) is 19.3 Å². The Morgan fingerprint density at radius 2 is 2.20 bits per heavy atom. The van der Waals surface area contributed by atoms with Crippen LogP contribution in [-0.4, -0.2) is 37.6 Å². The molecule has 0 spiro atoms. The average Bonchev–Trinajstić information content (AvgIpc) is 2.40. The lowest BCUT2D eigenvalue weighted by Crippen LogP contribution is -2.28. The van der Waals surface area contributed by atoms with Crippen molar-refractivity contribution < 1.29 is 18.8 Å². The number of anilines is 1. The Kier molecular flexibility index (Phi) is 6.38. The highest BCUT2D eigenvalue weighted by molar-refractivity contribution is 5.76. The lowest BCUT2D eigenvalue weighted by molar-refractivity contribution is -0.385. The van der Waals surface area contributed by atoms with E-state index in [4.69, 9.17) is 4.74 Å². The molecule has 2 N–H and O–H groups in total. The van der Waals surface area contributed by atoms with Crippen LogP contribution in [0.3, 0.4) is 0 Å². The smallest absolute Gasteiger partial charge is 0.272 e. The van der Waals surface area contributed by atoms with E-state index in [2.05, 4.69) is 10.6 Å². The zero-order valence-electron chi connectivity index (χ0n) is 11.0. The first-order valence-corrected chi connectivity index (χ1v) is 5.98. The number of amides is 1. The Bertz CT molecular complexity index is 482. The second-order valence-corrected chi connectivity index (χ2v) is 3.94. The third-order valence-electron chi connectivity index (χ3n) is 2.46. The van der Waals surface area contributed by atoms with Gasteiger partial charge in [0.15, 0.2) is 5.82 Å². The Labute approximate surface area is 115 Å². The first kappa shape index (κ1) is 15.8. The van der Waals surface area contributed by atoms with Crippen molar-refractivity contribution in [2.45, 2.75) is 6.42 Å². The average molecular weight is 285 g/mol. The number of ether oxygens (including phenoxy) is 1. The van der Waals surface area contributed by atoms with Gasteiger partial charge in [0.05, 0.1) is 23.3 Å². The van der Waals surface area contributed by atoms with Crippen molar-refractivity contribution in [2.75, 3.05) is 32.1 Å². The fourth-order valence-electron chi connectivity index (χ4n) is 1.45. The van der Waals surface area contributed by atoms with E-state index < -0.39 is 10.7 Å². The molecule has 0 fully saturated rings. The summed E-state index contributed by atoms with van der Waals surface area (Å²) in [7, 11) is 1.53. The number of nitrogens with one attached hydrogen (secondary N) is 2. The number of non-ortho nitro benzene ring substituents is 1. The number of nitro benzene ring substituents is 1. The number of nitro groups is 1. The minimum absolute atomic E-state index is 0.125. The number of nitrogens with zero attached hydrogens (tertiary/aromatic N) is 1. The number of hydrogen-bond acceptors (Lipinski definition) is 5. The van der Waals surface area contributed by atoms with E-state index in [-0.39, 0.29) is 30.2 Å². The van der Waals surface area contributed by atoms with Gasteiger partial charge in [0.1, 0.15) is 0 Å². The molecule has 110 valence electrons. The summed E-state index contributed by atoms with van der Waals surface area (Å²) in [6, 6.07) is 3.31. The predicted molar refractivity (Wildman–Crippen MR) is 71.0 cm³/mol. The molecule has 0 aliphatic carbocycles. The summed E-state index contributed by atoms with van der Waals surface area (Å²) in [5.74, 6) is -0.907. The molecule has 8 heteroatoms. The van der Waals surface area contributed by atoms with E-state index in [1.807, 2.05) is 0 Å². The van der Waals surface area contributed by atoms with E-state index >= 15 is 0 Å². The first-order valence-electron chi connectivity index (χ1n) is 5.98. The largest absolute Gasteiger partial charge is 0.383 e. The van der Waals surface area contributed by atoms with Crippen molar-refractivity contribution in [2.24, 2.45) is 0 Å². The Hall–Kier alpha value is -2.22. The van der Waals surface area contributed by atoms with Gasteiger partial charge in [-0.1, -0.05) is 0 Å². The fourth-order valence-corrected chi connectivity index (χ4v) is 1.45. The maximum absolute atomic E-state index is 13.5. The van der Waals surface area contributed by atoms with Crippen LogP contribution in [0.15, 0.2) is 18.2 Å². The third kappa shape index (κ3) is 5.19. The standard InChI is InChI=1S/C12H16FN3O4/c1-20-7-6-15-12(17)4-5-14-11-3-2-9(16(18)19)8-10(11)13/h2-3,8,14H,4-7H2,1H3,(H,15,17). The van der Waals surface area contributed by atoms with Crippen molar-refractivity contribution in [3.05, 3.63) is 34.1 Å². The van der Waals surface area contributed by atoms with Crippen LogP contribution in [0.1, 0.15) is 6.42 Å². The minimum Gasteiger partial charge on any atom is -0.383 e. The molecule has 0 unspecified atom stereocenters. The van der Waals surface area contributed by atoms with E-state index in [1.54, 1.807) is 0 Å². The molecule has 0 heterocycles. The van der Waals surface area contributed by atoms with Gasteiger partial charge >= 0.3 is 0 Å². The van der Waals surface area contributed by atoms with Crippen LogP contribution in [0.4, 0.5) is 15.8 Å². The number of hydrogen-bond donors (Lipinski definition) is 2. The molecule has 0 radical (unpaired) electrons. The van der Waals surface area contributed by atoms with Crippen molar-refractivity contribution in [3.63, 3.8) is 0 Å². The molecule has 0 saturated carbocycles. The topological polar surface area (TPSA) is 93.5 Å². The summed E-state index contributed by atoms with van der Waals surface area (Å²) in [6.45, 7) is 1.07. The summed E-state index contributed by atoms with van der Waals surface area (Å²) in [5.41, 5.74) is -0.189. The summed E-state index contributed by atoms with van der Waals surface area (Å²) >= 11 is 0. The lowest BCUT2D eigenvalue weighted by atomic mass is 10.2. The number of benzene rings is 1. The molecule has 0 aromatic heterocycles. The Morgan fingerprint density at radius 1 is 1.45 bits per heavy atom. The summed E-state index contributed by atoms with van der Waals surface area (Å²) in [6.07, 6.45) is 0.167. The van der Waals surface area contributed by atoms with Gasteiger partial charge in [-0.25, -0.2) is 4.39 Å². The number of rotatable bonds is 8. The monoisotopic (exact) mass is 285 g/mol. The highest BCUT2D eigenvalue weighted by Gasteiger charge is 2.10. The van der Waals surface area contributed by atoms with Gasteiger partial charge in [-0.2, -0.15) is 0 Å². The predicted octanol–water partition coefficient (Wildman–Crippen LogP) is 1.30. The van der Waals surface area contributed by atoms with Crippen LogP contribution in [0, 0.1) is 15.9 Å². The van der Waals surface area contributed by atoms with Crippen LogP contribution in [0.2, 0.25) is 0 Å². The molecule has 0 saturated heterocycles. The van der Waals surface area contributed by atoms with E-state index in [1.165, 1.54) is 19.2 Å². The highest BCUT2D eigenvalue weighted by Crippen LogP contribution is 2.20. The highest BCUT2D eigenvalue weighted by atomic mass is 19.1. The van der Waals surface area contributed by atoms with Gasteiger partial charge < -0.3 is 15.4 Å². The Morgan fingerprint density at radius 3 is 2.80 bits per heavy atom. The summed E-state index contributed by atoms with van der Waals surface area (Å²) in [4.78, 5) is 21.1. The maximum Gasteiger partial charge on any atom is 0.272 e. The molecular formula is C12H16FN3O4. The van der Waals surface area contributed by atoms with Gasteiger partial charge in [0.2, 0.25) is 5.91 Å². The quantitative estimate of drug-likeness (QED) is 0.426. The van der Waals surface area contributed by atoms with Gasteiger partial charge in [0, 0.05) is 32.7 Å². The molecule has 1 aromatic rings. The van der Waals surface area contributed by atoms with Gasteiger partial charge in [-0.05, 0) is 6.07 Å². The molecule has 0 atom stereocenters. The summed E-state index contributed by atoms with van der Waals surface area (Å²) < 4.78 is 18.3. The third-order valence-corrected chi connectivity index (χ3v) is 2.46. The molecule has 1 amide bonds. The van der Waals surface area contributed by atoms with Crippen LogP contribution in [-0.2, 0) is 9.53 Å². The number of halogens is 1. The molecule has 1 aromatic carbocycles. The van der Waals surface area contributed by atoms with Crippen LogP contribution >= 0.6 is 0 Å². The lowest BCUT2D eigenvalue weighted by Gasteiger charge is -2.08. The molecule has 0 aliphatic heterocycles. The van der Waals surface area contributed by atoms with Crippen LogP contribution < -0.4 is 10.6 Å². The van der Waals surface area contributed by atoms with Gasteiger partial charge in [-0.15, -0.1) is 0 Å². The fraction of sp³-hybridized carbons (Fsp3) is 0.417. The van der Waals surface area contributed by atoms with Gasteiger partial charge in [-0.3, -0.25) is 14.9 Å². The number of carbonyl (C=O) groups excluding carboxylic acids is 1. The Balaban J connectivity index is 2.38. The van der Waals surface area contributed by atoms with Crippen molar-refractivity contribution in [1.82, 2.24) is 5.32 Å². The van der Waals surface area contributed by atoms with Crippen LogP contribution in [0.25, 0.3) is 0 Å². The van der Waals surface area contributed by atoms with E-state index in [0.717, 1.165) is 6.07 Å². The number of carbonyl (C=O) groups is 1. The zero-order valence-corrected chi connectivity index (χ0v) is 11.0. The van der Waals surface area contributed by atoms with Crippen molar-refractivity contribution >= 4 is 17.3 Å². The van der Waals surface area contributed by atoms with E-state index in [0.29, 0.717) is 13.2 Å².